The molecule has 1 fully saturated rings. The Kier molecular flexibility index (Phi) is 5.51. The molecule has 2 heterocycles. The van der Waals surface area contributed by atoms with Gasteiger partial charge in [-0.2, -0.15) is 13.2 Å². The molecule has 0 aliphatic carbocycles. The molecule has 1 aromatic rings. The van der Waals surface area contributed by atoms with Crippen LogP contribution in [0.4, 0.5) is 13.2 Å². The quantitative estimate of drug-likeness (QED) is 0.777. The second kappa shape index (κ2) is 6.98. The minimum atomic E-state index is -4.19. The van der Waals surface area contributed by atoms with Crippen LogP contribution in [0.5, 0.6) is 0 Å². The molecule has 0 N–H and O–H groups in total. The minimum Gasteiger partial charge on any atom is -0.381 e. The minimum absolute atomic E-state index is 0.194. The van der Waals surface area contributed by atoms with Crippen LogP contribution < -0.4 is 0 Å². The van der Waals surface area contributed by atoms with Gasteiger partial charge in [-0.1, -0.05) is 6.07 Å². The van der Waals surface area contributed by atoms with Gasteiger partial charge in [0, 0.05) is 19.1 Å². The Morgan fingerprint density at radius 2 is 2.19 bits per heavy atom. The summed E-state index contributed by atoms with van der Waals surface area (Å²) in [4.78, 5) is 5.76. The van der Waals surface area contributed by atoms with E-state index in [-0.39, 0.29) is 12.5 Å². The molecular weight excluding hydrogens is 301 g/mol. The first-order chi connectivity index (χ1) is 9.89. The first kappa shape index (κ1) is 16.6. The van der Waals surface area contributed by atoms with Crippen molar-refractivity contribution >= 4 is 11.8 Å². The summed E-state index contributed by atoms with van der Waals surface area (Å²) in [5.74, 6) is 0.239. The second-order valence-corrected chi connectivity index (χ2v) is 6.06. The molecule has 0 unspecified atom stereocenters. The van der Waals surface area contributed by atoms with Crippen LogP contribution in [-0.2, 0) is 11.3 Å². The summed E-state index contributed by atoms with van der Waals surface area (Å²) < 4.78 is 42.8. The molecule has 0 amide bonds. The van der Waals surface area contributed by atoms with Crippen LogP contribution in [0.1, 0.15) is 23.6 Å². The van der Waals surface area contributed by atoms with Crippen LogP contribution in [0.3, 0.4) is 0 Å². The molecule has 7 heteroatoms. The Morgan fingerprint density at radius 3 is 2.76 bits per heavy atom. The molecule has 1 aliphatic heterocycles. The summed E-state index contributed by atoms with van der Waals surface area (Å²) in [5, 5.41) is 0.827. The lowest BCUT2D eigenvalue weighted by molar-refractivity contribution is -0.144. The lowest BCUT2D eigenvalue weighted by Gasteiger charge is -2.21. The third kappa shape index (κ3) is 4.86. The highest BCUT2D eigenvalue weighted by molar-refractivity contribution is 7.98. The smallest absolute Gasteiger partial charge is 0.381 e. The zero-order chi connectivity index (χ0) is 15.5. The van der Waals surface area contributed by atoms with Crippen molar-refractivity contribution in [3.05, 3.63) is 23.4 Å². The maximum Gasteiger partial charge on any atom is 0.401 e. The molecule has 1 atom stereocenters. The fourth-order valence-electron chi connectivity index (χ4n) is 2.50. The van der Waals surface area contributed by atoms with Gasteiger partial charge in [-0.15, -0.1) is 11.8 Å². The Labute approximate surface area is 126 Å². The maximum atomic E-state index is 12.5. The summed E-state index contributed by atoms with van der Waals surface area (Å²) in [6.45, 7) is 0.585. The summed E-state index contributed by atoms with van der Waals surface area (Å²) in [6.07, 6.45) is -1.39. The average molecular weight is 320 g/mol. The fraction of sp³-hybridized carbons (Fsp3) is 0.643. The van der Waals surface area contributed by atoms with Gasteiger partial charge in [0.15, 0.2) is 0 Å². The zero-order valence-electron chi connectivity index (χ0n) is 12.1. The van der Waals surface area contributed by atoms with Crippen LogP contribution in [0.2, 0.25) is 0 Å². The van der Waals surface area contributed by atoms with Crippen molar-refractivity contribution < 1.29 is 17.9 Å². The van der Waals surface area contributed by atoms with E-state index in [1.54, 1.807) is 0 Å². The third-order valence-electron chi connectivity index (χ3n) is 3.43. The predicted molar refractivity (Wildman–Crippen MR) is 76.6 cm³/mol. The highest BCUT2D eigenvalue weighted by atomic mass is 32.2. The standard InChI is InChI=1S/C14H19F3N2OS/c1-19(9-14(15,16)17)7-12-11(10-5-6-20-8-10)3-4-13(18-12)21-2/h3-4,10H,5-9H2,1-2H3/t10-/m0/s1. The summed E-state index contributed by atoms with van der Waals surface area (Å²) in [6, 6.07) is 3.90. The van der Waals surface area contributed by atoms with E-state index in [9.17, 15) is 13.2 Å². The summed E-state index contributed by atoms with van der Waals surface area (Å²) >= 11 is 1.49. The van der Waals surface area contributed by atoms with Crippen molar-refractivity contribution in [2.75, 3.05) is 33.1 Å². The molecule has 2 rings (SSSR count). The number of nitrogens with zero attached hydrogens (tertiary/aromatic N) is 2. The highest BCUT2D eigenvalue weighted by Gasteiger charge is 2.30. The normalized spacial score (nSPS) is 19.4. The first-order valence-electron chi connectivity index (χ1n) is 6.76. The highest BCUT2D eigenvalue weighted by Crippen LogP contribution is 2.29. The van der Waals surface area contributed by atoms with E-state index in [4.69, 9.17) is 4.74 Å². The van der Waals surface area contributed by atoms with E-state index in [2.05, 4.69) is 4.98 Å². The first-order valence-corrected chi connectivity index (χ1v) is 7.98. The van der Waals surface area contributed by atoms with Gasteiger partial charge in [-0.25, -0.2) is 4.98 Å². The number of hydrogen-bond acceptors (Lipinski definition) is 4. The summed E-state index contributed by atoms with van der Waals surface area (Å²) in [7, 11) is 1.47. The molecule has 1 aliphatic rings. The average Bonchev–Trinajstić information content (AvgIpc) is 2.90. The number of rotatable bonds is 5. The van der Waals surface area contributed by atoms with Crippen LogP contribution in [0.15, 0.2) is 17.2 Å². The topological polar surface area (TPSA) is 25.4 Å². The fourth-order valence-corrected chi connectivity index (χ4v) is 2.91. The van der Waals surface area contributed by atoms with E-state index in [0.717, 1.165) is 22.7 Å². The van der Waals surface area contributed by atoms with Crippen LogP contribution >= 0.6 is 11.8 Å². The van der Waals surface area contributed by atoms with Gasteiger partial charge < -0.3 is 4.74 Å². The number of aromatic nitrogens is 1. The summed E-state index contributed by atoms with van der Waals surface area (Å²) in [5.41, 5.74) is 1.74. The molecule has 118 valence electrons. The van der Waals surface area contributed by atoms with Gasteiger partial charge in [0.2, 0.25) is 0 Å². The van der Waals surface area contributed by atoms with Crippen LogP contribution in [-0.4, -0.2) is 49.1 Å². The lowest BCUT2D eigenvalue weighted by Crippen LogP contribution is -2.31. The monoisotopic (exact) mass is 320 g/mol. The third-order valence-corrected chi connectivity index (χ3v) is 4.08. The SMILES string of the molecule is CSc1ccc([C@H]2CCOC2)c(CN(C)CC(F)(F)F)n1. The number of hydrogen-bond donors (Lipinski definition) is 0. The molecule has 1 aromatic heterocycles. The van der Waals surface area contributed by atoms with Crippen molar-refractivity contribution in [2.24, 2.45) is 0 Å². The van der Waals surface area contributed by atoms with Crippen molar-refractivity contribution in [3.63, 3.8) is 0 Å². The number of ether oxygens (including phenoxy) is 1. The number of pyridine rings is 1. The lowest BCUT2D eigenvalue weighted by atomic mass is 9.97. The van der Waals surface area contributed by atoms with Gasteiger partial charge in [0.1, 0.15) is 0 Å². The molecule has 0 spiro atoms. The molecule has 21 heavy (non-hydrogen) atoms. The van der Waals surface area contributed by atoms with E-state index in [0.29, 0.717) is 13.2 Å². The Balaban J connectivity index is 2.18. The largest absolute Gasteiger partial charge is 0.401 e. The van der Waals surface area contributed by atoms with Crippen LogP contribution in [0.25, 0.3) is 0 Å². The van der Waals surface area contributed by atoms with Crippen molar-refractivity contribution in [2.45, 2.75) is 30.1 Å². The second-order valence-electron chi connectivity index (χ2n) is 5.24. The molecule has 0 bridgehead atoms. The number of thioether (sulfide) groups is 1. The zero-order valence-corrected chi connectivity index (χ0v) is 12.9. The van der Waals surface area contributed by atoms with Crippen molar-refractivity contribution in [1.82, 2.24) is 9.88 Å². The van der Waals surface area contributed by atoms with E-state index in [1.165, 1.54) is 23.7 Å². The predicted octanol–water partition coefficient (Wildman–Crippen LogP) is 3.30. The van der Waals surface area contributed by atoms with Gasteiger partial charge in [-0.3, -0.25) is 4.90 Å². The maximum absolute atomic E-state index is 12.5. The number of halogens is 3. The molecule has 0 saturated carbocycles. The Morgan fingerprint density at radius 1 is 1.43 bits per heavy atom. The van der Waals surface area contributed by atoms with Gasteiger partial charge >= 0.3 is 6.18 Å². The molecule has 3 nitrogen and oxygen atoms in total. The Hall–Kier alpha value is -0.790. The van der Waals surface area contributed by atoms with E-state index < -0.39 is 12.7 Å². The van der Waals surface area contributed by atoms with Crippen molar-refractivity contribution in [3.8, 4) is 0 Å². The van der Waals surface area contributed by atoms with Gasteiger partial charge in [0.05, 0.1) is 23.9 Å². The van der Waals surface area contributed by atoms with E-state index in [1.807, 2.05) is 18.4 Å². The molecule has 1 saturated heterocycles. The molecular formula is C14H19F3N2OS. The Bertz CT molecular complexity index is 476. The van der Waals surface area contributed by atoms with Crippen molar-refractivity contribution in [1.29, 1.82) is 0 Å². The van der Waals surface area contributed by atoms with Gasteiger partial charge in [-0.05, 0) is 31.4 Å². The van der Waals surface area contributed by atoms with E-state index >= 15 is 0 Å². The molecule has 0 aromatic carbocycles. The number of alkyl halides is 3. The molecule has 0 radical (unpaired) electrons. The van der Waals surface area contributed by atoms with Gasteiger partial charge in [0.25, 0.3) is 0 Å². The van der Waals surface area contributed by atoms with Crippen LogP contribution in [0, 0.1) is 0 Å².